The van der Waals surface area contributed by atoms with E-state index < -0.39 is 0 Å². The van der Waals surface area contributed by atoms with Crippen molar-refractivity contribution in [3.05, 3.63) is 65.7 Å². The van der Waals surface area contributed by atoms with Crippen LogP contribution >= 0.6 is 24.8 Å². The highest BCUT2D eigenvalue weighted by atomic mass is 35.5. The molecule has 0 spiro atoms. The molecule has 0 bridgehead atoms. The van der Waals surface area contributed by atoms with Gasteiger partial charge in [0.15, 0.2) is 0 Å². The summed E-state index contributed by atoms with van der Waals surface area (Å²) in [7, 11) is 0. The molecule has 0 radical (unpaired) electrons. The van der Waals surface area contributed by atoms with Crippen molar-refractivity contribution >= 4 is 36.4 Å². The van der Waals surface area contributed by atoms with Crippen LogP contribution in [0.25, 0.3) is 0 Å². The lowest BCUT2D eigenvalue weighted by molar-refractivity contribution is -0.122. The topological polar surface area (TPSA) is 61.6 Å². The van der Waals surface area contributed by atoms with E-state index in [9.17, 15) is 4.79 Å². The van der Waals surface area contributed by atoms with Crippen LogP contribution in [0.1, 0.15) is 11.1 Å². The van der Waals surface area contributed by atoms with Gasteiger partial charge in [0.1, 0.15) is 0 Å². The van der Waals surface area contributed by atoms with Gasteiger partial charge in [0.25, 0.3) is 0 Å². The van der Waals surface area contributed by atoms with Gasteiger partial charge in [-0.2, -0.15) is 0 Å². The average molecular weight is 425 g/mol. The second kappa shape index (κ2) is 12.6. The summed E-state index contributed by atoms with van der Waals surface area (Å²) in [5, 5.41) is 3.02. The van der Waals surface area contributed by atoms with E-state index >= 15 is 0 Å². The van der Waals surface area contributed by atoms with Crippen LogP contribution in [-0.4, -0.2) is 55.0 Å². The van der Waals surface area contributed by atoms with Gasteiger partial charge in [0, 0.05) is 45.0 Å². The number of rotatable bonds is 7. The molecule has 3 rings (SSSR count). The molecule has 7 heteroatoms. The van der Waals surface area contributed by atoms with E-state index in [4.69, 9.17) is 5.73 Å². The molecule has 2 aromatic rings. The van der Waals surface area contributed by atoms with E-state index in [2.05, 4.69) is 39.4 Å². The summed E-state index contributed by atoms with van der Waals surface area (Å²) >= 11 is 0. The standard InChI is InChI=1S/C21H28N4O.2ClH/c22-20-8-6-18(7-9-20)10-11-23-21(26)17-25-14-12-24(13-15-25)16-19-4-2-1-3-5-19;;/h1-9H,10-17,22H2,(H,23,26);2*1H. The molecule has 5 nitrogen and oxygen atoms in total. The number of nitrogens with two attached hydrogens (primary N) is 1. The monoisotopic (exact) mass is 424 g/mol. The minimum Gasteiger partial charge on any atom is -0.399 e. The quantitative estimate of drug-likeness (QED) is 0.670. The zero-order valence-corrected chi connectivity index (χ0v) is 17.7. The Kier molecular flexibility index (Phi) is 10.9. The van der Waals surface area contributed by atoms with Gasteiger partial charge in [0.05, 0.1) is 6.54 Å². The number of anilines is 1. The van der Waals surface area contributed by atoms with Gasteiger partial charge in [-0.3, -0.25) is 14.6 Å². The number of hydrogen-bond acceptors (Lipinski definition) is 4. The molecule has 0 unspecified atom stereocenters. The second-order valence-corrected chi connectivity index (χ2v) is 6.88. The zero-order chi connectivity index (χ0) is 18.2. The lowest BCUT2D eigenvalue weighted by Gasteiger charge is -2.34. The van der Waals surface area contributed by atoms with E-state index in [1.165, 1.54) is 11.1 Å². The molecule has 0 aliphatic carbocycles. The molecule has 0 aromatic heterocycles. The molecule has 2 aromatic carbocycles. The Hall–Kier alpha value is -1.79. The number of nitrogen functional groups attached to an aromatic ring is 1. The predicted octanol–water partition coefficient (Wildman–Crippen LogP) is 2.59. The van der Waals surface area contributed by atoms with E-state index in [1.807, 2.05) is 30.3 Å². The van der Waals surface area contributed by atoms with Crippen LogP contribution < -0.4 is 11.1 Å². The third kappa shape index (κ3) is 8.07. The number of nitrogens with one attached hydrogen (secondary N) is 1. The van der Waals surface area contributed by atoms with Gasteiger partial charge in [-0.25, -0.2) is 0 Å². The Morgan fingerprint density at radius 1 is 0.857 bits per heavy atom. The lowest BCUT2D eigenvalue weighted by Crippen LogP contribution is -2.49. The van der Waals surface area contributed by atoms with Crippen LogP contribution in [-0.2, 0) is 17.8 Å². The maximum atomic E-state index is 12.1. The highest BCUT2D eigenvalue weighted by molar-refractivity contribution is 5.85. The van der Waals surface area contributed by atoms with Gasteiger partial charge in [-0.05, 0) is 29.7 Å². The highest BCUT2D eigenvalue weighted by Crippen LogP contribution is 2.08. The maximum Gasteiger partial charge on any atom is 0.234 e. The van der Waals surface area contributed by atoms with Crippen LogP contribution in [0.15, 0.2) is 54.6 Å². The summed E-state index contributed by atoms with van der Waals surface area (Å²) < 4.78 is 0. The molecule has 1 aliphatic heterocycles. The van der Waals surface area contributed by atoms with Crippen LogP contribution in [0.4, 0.5) is 5.69 Å². The number of amides is 1. The molecule has 154 valence electrons. The SMILES string of the molecule is Cl.Cl.Nc1ccc(CCNC(=O)CN2CCN(Cc3ccccc3)CC2)cc1. The van der Waals surface area contributed by atoms with Gasteiger partial charge in [0.2, 0.25) is 5.91 Å². The van der Waals surface area contributed by atoms with Crippen LogP contribution in [0, 0.1) is 0 Å². The number of carbonyl (C=O) groups excluding carboxylic acids is 1. The Balaban J connectivity index is 0.00000196. The van der Waals surface area contributed by atoms with Crippen molar-refractivity contribution in [2.45, 2.75) is 13.0 Å². The maximum absolute atomic E-state index is 12.1. The highest BCUT2D eigenvalue weighted by Gasteiger charge is 2.18. The van der Waals surface area contributed by atoms with Crippen molar-refractivity contribution in [2.75, 3.05) is 45.0 Å². The van der Waals surface area contributed by atoms with Crippen molar-refractivity contribution < 1.29 is 4.79 Å². The van der Waals surface area contributed by atoms with E-state index in [-0.39, 0.29) is 30.7 Å². The first-order chi connectivity index (χ1) is 12.7. The zero-order valence-electron chi connectivity index (χ0n) is 16.0. The summed E-state index contributed by atoms with van der Waals surface area (Å²) in [5.41, 5.74) is 8.99. The minimum atomic E-state index is 0. The van der Waals surface area contributed by atoms with E-state index in [1.54, 1.807) is 0 Å². The molecule has 1 heterocycles. The second-order valence-electron chi connectivity index (χ2n) is 6.88. The van der Waals surface area contributed by atoms with Crippen LogP contribution in [0.2, 0.25) is 0 Å². The first kappa shape index (κ1) is 24.2. The minimum absolute atomic E-state index is 0. The number of benzene rings is 2. The van der Waals surface area contributed by atoms with Crippen LogP contribution in [0.5, 0.6) is 0 Å². The number of piperazine rings is 1. The van der Waals surface area contributed by atoms with Crippen LogP contribution in [0.3, 0.4) is 0 Å². The smallest absolute Gasteiger partial charge is 0.234 e. The van der Waals surface area contributed by atoms with Gasteiger partial charge in [-0.1, -0.05) is 42.5 Å². The normalized spacial score (nSPS) is 14.6. The summed E-state index contributed by atoms with van der Waals surface area (Å²) in [4.78, 5) is 16.8. The Morgan fingerprint density at radius 3 is 2.11 bits per heavy atom. The Morgan fingerprint density at radius 2 is 1.46 bits per heavy atom. The molecule has 3 N–H and O–H groups in total. The summed E-state index contributed by atoms with van der Waals surface area (Å²) in [5.74, 6) is 0.108. The fraction of sp³-hybridized carbons (Fsp3) is 0.381. The molecule has 1 saturated heterocycles. The molecular formula is C21H30Cl2N4O. The van der Waals surface area contributed by atoms with Gasteiger partial charge < -0.3 is 11.1 Å². The Labute approximate surface area is 180 Å². The summed E-state index contributed by atoms with van der Waals surface area (Å²) in [6.45, 7) is 6.04. The van der Waals surface area contributed by atoms with Gasteiger partial charge >= 0.3 is 0 Å². The Bertz CT molecular complexity index is 689. The fourth-order valence-electron chi connectivity index (χ4n) is 3.24. The third-order valence-corrected chi connectivity index (χ3v) is 4.80. The van der Waals surface area contributed by atoms with Crippen molar-refractivity contribution in [3.8, 4) is 0 Å². The fourth-order valence-corrected chi connectivity index (χ4v) is 3.24. The summed E-state index contributed by atoms with van der Waals surface area (Å²) in [6, 6.07) is 18.4. The number of nitrogens with zero attached hydrogens (tertiary/aromatic N) is 2. The number of halogens is 2. The molecule has 0 saturated carbocycles. The third-order valence-electron chi connectivity index (χ3n) is 4.80. The molecule has 0 atom stereocenters. The molecule has 1 fully saturated rings. The lowest BCUT2D eigenvalue weighted by atomic mass is 10.1. The van der Waals surface area contributed by atoms with E-state index in [0.717, 1.165) is 44.8 Å². The largest absolute Gasteiger partial charge is 0.399 e. The van der Waals surface area contributed by atoms with Crippen molar-refractivity contribution in [1.29, 1.82) is 0 Å². The first-order valence-electron chi connectivity index (χ1n) is 9.29. The molecule has 1 amide bonds. The predicted molar refractivity (Wildman–Crippen MR) is 120 cm³/mol. The summed E-state index contributed by atoms with van der Waals surface area (Å²) in [6.07, 6.45) is 0.830. The van der Waals surface area contributed by atoms with Crippen molar-refractivity contribution in [2.24, 2.45) is 0 Å². The number of hydrogen-bond donors (Lipinski definition) is 2. The van der Waals surface area contributed by atoms with Crippen molar-refractivity contribution in [3.63, 3.8) is 0 Å². The average Bonchev–Trinajstić information content (AvgIpc) is 2.66. The molecule has 28 heavy (non-hydrogen) atoms. The number of carbonyl (C=O) groups is 1. The molecule has 1 aliphatic rings. The van der Waals surface area contributed by atoms with Crippen molar-refractivity contribution in [1.82, 2.24) is 15.1 Å². The molecular weight excluding hydrogens is 395 g/mol. The first-order valence-corrected chi connectivity index (χ1v) is 9.29. The van der Waals surface area contributed by atoms with E-state index in [0.29, 0.717) is 13.1 Å². The van der Waals surface area contributed by atoms with Gasteiger partial charge in [-0.15, -0.1) is 24.8 Å².